The number of alkyl halides is 2. The van der Waals surface area contributed by atoms with Gasteiger partial charge in [-0.1, -0.05) is 29.8 Å². The molecule has 1 heterocycles. The maximum atomic E-state index is 6.33. The predicted octanol–water partition coefficient (Wildman–Crippen LogP) is 4.76. The van der Waals surface area contributed by atoms with Crippen molar-refractivity contribution in [1.29, 1.82) is 0 Å². The average molecular weight is 390 g/mol. The second-order valence-electron chi connectivity index (χ2n) is 5.56. The van der Waals surface area contributed by atoms with E-state index in [-0.39, 0.29) is 5.41 Å². The molecule has 0 aliphatic rings. The summed E-state index contributed by atoms with van der Waals surface area (Å²) in [6, 6.07) is 8.45. The number of rotatable bonds is 5. The Balaban J connectivity index is 2.45. The van der Waals surface area contributed by atoms with Gasteiger partial charge in [0.2, 0.25) is 0 Å². The minimum atomic E-state index is -0.292. The van der Waals surface area contributed by atoms with Crippen molar-refractivity contribution >= 4 is 39.1 Å². The highest BCUT2D eigenvalue weighted by molar-refractivity contribution is 9.10. The van der Waals surface area contributed by atoms with Crippen LogP contribution in [-0.2, 0) is 18.9 Å². The molecular formula is C16H19BrCl2N2. The van der Waals surface area contributed by atoms with Crippen LogP contribution in [0.25, 0.3) is 0 Å². The van der Waals surface area contributed by atoms with Crippen molar-refractivity contribution in [3.63, 3.8) is 0 Å². The summed E-state index contributed by atoms with van der Waals surface area (Å²) >= 11 is 16.3. The van der Waals surface area contributed by atoms with Gasteiger partial charge in [0.1, 0.15) is 0 Å². The van der Waals surface area contributed by atoms with E-state index in [1.54, 1.807) is 0 Å². The molecule has 2 rings (SSSR count). The zero-order chi connectivity index (χ0) is 15.6. The number of aryl methyl sites for hydroxylation is 3. The van der Waals surface area contributed by atoms with Gasteiger partial charge in [0.05, 0.1) is 15.9 Å². The van der Waals surface area contributed by atoms with Crippen molar-refractivity contribution < 1.29 is 0 Å². The van der Waals surface area contributed by atoms with Gasteiger partial charge in [0, 0.05) is 30.6 Å². The van der Waals surface area contributed by atoms with Crippen LogP contribution in [0.15, 0.2) is 28.7 Å². The van der Waals surface area contributed by atoms with Gasteiger partial charge < -0.3 is 0 Å². The molecule has 0 spiro atoms. The van der Waals surface area contributed by atoms with Crippen molar-refractivity contribution in [3.05, 3.63) is 51.3 Å². The molecule has 0 amide bonds. The molecule has 0 atom stereocenters. The highest BCUT2D eigenvalue weighted by Gasteiger charge is 2.33. The first-order valence-electron chi connectivity index (χ1n) is 6.80. The Morgan fingerprint density at radius 3 is 2.14 bits per heavy atom. The molecule has 21 heavy (non-hydrogen) atoms. The van der Waals surface area contributed by atoms with Crippen LogP contribution in [0.5, 0.6) is 0 Å². The summed E-state index contributed by atoms with van der Waals surface area (Å²) in [5, 5.41) is 4.45. The van der Waals surface area contributed by atoms with Gasteiger partial charge in [-0.05, 0) is 35.3 Å². The van der Waals surface area contributed by atoms with Gasteiger partial charge in [0.25, 0.3) is 0 Å². The van der Waals surface area contributed by atoms with Gasteiger partial charge in [-0.25, -0.2) is 0 Å². The number of halogens is 3. The molecule has 5 heteroatoms. The Bertz CT molecular complexity index is 616. The Morgan fingerprint density at radius 2 is 1.71 bits per heavy atom. The molecule has 114 valence electrons. The summed E-state index contributed by atoms with van der Waals surface area (Å²) < 4.78 is 2.94. The second-order valence-corrected chi connectivity index (χ2v) is 6.89. The van der Waals surface area contributed by atoms with Crippen molar-refractivity contribution in [3.8, 4) is 0 Å². The maximum Gasteiger partial charge on any atom is 0.0738 e. The summed E-state index contributed by atoms with van der Waals surface area (Å²) in [6.07, 6.45) is 0.751. The highest BCUT2D eigenvalue weighted by Crippen LogP contribution is 2.34. The standard InChI is InChI=1S/C16H19BrCl2N2/c1-11-4-6-13(7-5-11)16(9-18,10-19)8-14-15(17)12(2)20-21(14)3/h4-7H,8-10H2,1-3H3. The number of aromatic nitrogens is 2. The van der Waals surface area contributed by atoms with Crippen LogP contribution in [0.3, 0.4) is 0 Å². The third kappa shape index (κ3) is 3.30. The van der Waals surface area contributed by atoms with Crippen LogP contribution >= 0.6 is 39.1 Å². The molecular weight excluding hydrogens is 371 g/mol. The van der Waals surface area contributed by atoms with Gasteiger partial charge in [-0.3, -0.25) is 4.68 Å². The van der Waals surface area contributed by atoms with Crippen LogP contribution in [0.2, 0.25) is 0 Å². The summed E-state index contributed by atoms with van der Waals surface area (Å²) in [4.78, 5) is 0. The first-order valence-corrected chi connectivity index (χ1v) is 8.67. The molecule has 0 radical (unpaired) electrons. The zero-order valence-electron chi connectivity index (χ0n) is 12.5. The Hall–Kier alpha value is -0.510. The molecule has 0 aliphatic heterocycles. The minimum absolute atomic E-state index is 0.292. The molecule has 2 aromatic rings. The van der Waals surface area contributed by atoms with Gasteiger partial charge in [-0.2, -0.15) is 5.10 Å². The second kappa shape index (κ2) is 6.72. The van der Waals surface area contributed by atoms with E-state index in [9.17, 15) is 0 Å². The quantitative estimate of drug-likeness (QED) is 0.674. The molecule has 0 saturated heterocycles. The van der Waals surface area contributed by atoms with Crippen molar-refractivity contribution in [1.82, 2.24) is 9.78 Å². The van der Waals surface area contributed by atoms with Crippen molar-refractivity contribution in [2.75, 3.05) is 11.8 Å². The Morgan fingerprint density at radius 1 is 1.14 bits per heavy atom. The van der Waals surface area contributed by atoms with Gasteiger partial charge in [0.15, 0.2) is 0 Å². The molecule has 1 aromatic heterocycles. The number of benzene rings is 1. The van der Waals surface area contributed by atoms with E-state index in [1.807, 2.05) is 18.7 Å². The number of nitrogens with zero attached hydrogens (tertiary/aromatic N) is 2. The molecule has 0 fully saturated rings. The molecule has 0 aliphatic carbocycles. The average Bonchev–Trinajstić information content (AvgIpc) is 2.72. The lowest BCUT2D eigenvalue weighted by molar-refractivity contribution is 0.509. The fourth-order valence-electron chi connectivity index (χ4n) is 2.49. The molecule has 2 nitrogen and oxygen atoms in total. The van der Waals surface area contributed by atoms with E-state index >= 15 is 0 Å². The highest BCUT2D eigenvalue weighted by atomic mass is 79.9. The van der Waals surface area contributed by atoms with E-state index in [0.29, 0.717) is 11.8 Å². The smallest absolute Gasteiger partial charge is 0.0738 e. The lowest BCUT2D eigenvalue weighted by Gasteiger charge is -2.30. The normalized spacial score (nSPS) is 11.9. The minimum Gasteiger partial charge on any atom is -0.271 e. The summed E-state index contributed by atoms with van der Waals surface area (Å²) in [6.45, 7) is 4.07. The Labute approximate surface area is 144 Å². The number of hydrogen-bond acceptors (Lipinski definition) is 1. The van der Waals surface area contributed by atoms with Crippen LogP contribution in [0, 0.1) is 13.8 Å². The van der Waals surface area contributed by atoms with Crippen LogP contribution < -0.4 is 0 Å². The SMILES string of the molecule is Cc1ccc(C(CCl)(CCl)Cc2c(Br)c(C)nn2C)cc1. The van der Waals surface area contributed by atoms with E-state index in [2.05, 4.69) is 52.2 Å². The number of hydrogen-bond donors (Lipinski definition) is 0. The fraction of sp³-hybridized carbons (Fsp3) is 0.438. The molecule has 0 bridgehead atoms. The molecule has 0 N–H and O–H groups in total. The molecule has 1 aromatic carbocycles. The van der Waals surface area contributed by atoms with Gasteiger partial charge >= 0.3 is 0 Å². The van der Waals surface area contributed by atoms with Crippen LogP contribution in [0.4, 0.5) is 0 Å². The molecule has 0 saturated carbocycles. The van der Waals surface area contributed by atoms with E-state index in [1.165, 1.54) is 11.1 Å². The van der Waals surface area contributed by atoms with Gasteiger partial charge in [-0.15, -0.1) is 23.2 Å². The summed E-state index contributed by atoms with van der Waals surface area (Å²) in [7, 11) is 1.95. The maximum absolute atomic E-state index is 6.33. The van der Waals surface area contributed by atoms with E-state index in [4.69, 9.17) is 23.2 Å². The van der Waals surface area contributed by atoms with Crippen LogP contribution in [0.1, 0.15) is 22.5 Å². The fourth-order valence-corrected chi connectivity index (χ4v) is 3.75. The van der Waals surface area contributed by atoms with Crippen molar-refractivity contribution in [2.45, 2.75) is 25.7 Å². The predicted molar refractivity (Wildman–Crippen MR) is 93.6 cm³/mol. The largest absolute Gasteiger partial charge is 0.271 e. The monoisotopic (exact) mass is 388 g/mol. The van der Waals surface area contributed by atoms with E-state index < -0.39 is 0 Å². The van der Waals surface area contributed by atoms with Crippen LogP contribution in [-0.4, -0.2) is 21.5 Å². The molecule has 0 unspecified atom stereocenters. The van der Waals surface area contributed by atoms with Crippen molar-refractivity contribution in [2.24, 2.45) is 7.05 Å². The Kier molecular flexibility index (Phi) is 5.39. The van der Waals surface area contributed by atoms with E-state index in [0.717, 1.165) is 22.3 Å². The summed E-state index contributed by atoms with van der Waals surface area (Å²) in [5.41, 5.74) is 4.21. The first kappa shape index (κ1) is 16.9. The topological polar surface area (TPSA) is 17.8 Å². The summed E-state index contributed by atoms with van der Waals surface area (Å²) in [5.74, 6) is 0.937. The third-order valence-electron chi connectivity index (χ3n) is 3.94. The first-order chi connectivity index (χ1) is 9.93. The third-order valence-corrected chi connectivity index (χ3v) is 6.00. The lowest BCUT2D eigenvalue weighted by atomic mass is 9.79. The zero-order valence-corrected chi connectivity index (χ0v) is 15.6. The lowest BCUT2D eigenvalue weighted by Crippen LogP contribution is -2.34.